The highest BCUT2D eigenvalue weighted by Crippen LogP contribution is 2.40. The largest absolute Gasteiger partial charge is 0.314 e. The maximum atomic E-state index is 8.92. The van der Waals surface area contributed by atoms with E-state index in [1.165, 1.54) is 40.7 Å². The highest BCUT2D eigenvalue weighted by molar-refractivity contribution is 7.94. The summed E-state index contributed by atoms with van der Waals surface area (Å²) in [4.78, 5) is 1.12. The highest BCUT2D eigenvalue weighted by atomic mass is 32.2. The molecule has 0 unspecified atom stereocenters. The topological polar surface area (TPSA) is 33.0 Å². The van der Waals surface area contributed by atoms with Crippen LogP contribution in [0.15, 0.2) is 53.4 Å². The van der Waals surface area contributed by atoms with Crippen molar-refractivity contribution >= 4 is 23.2 Å². The Morgan fingerprint density at radius 2 is 1.45 bits per heavy atom. The first-order valence-corrected chi connectivity index (χ1v) is 8.09. The predicted molar refractivity (Wildman–Crippen MR) is 91.1 cm³/mol. The van der Waals surface area contributed by atoms with Gasteiger partial charge in [0.15, 0.2) is 0 Å². The molecule has 110 valence electrons. The summed E-state index contributed by atoms with van der Waals surface area (Å²) in [6.07, 6.45) is 3.42. The van der Waals surface area contributed by atoms with Crippen molar-refractivity contribution in [3.63, 3.8) is 0 Å². The monoisotopic (exact) mass is 307 g/mol. The van der Waals surface area contributed by atoms with Gasteiger partial charge in [0.05, 0.1) is 18.7 Å². The molecule has 3 rings (SSSR count). The minimum atomic E-state index is 0.713. The lowest BCUT2D eigenvalue weighted by atomic mass is 9.96. The zero-order valence-electron chi connectivity index (χ0n) is 12.5. The van der Waals surface area contributed by atoms with Crippen LogP contribution in [0.25, 0.3) is 11.1 Å². The van der Waals surface area contributed by atoms with Crippen LogP contribution in [0, 0.1) is 11.3 Å². The summed E-state index contributed by atoms with van der Waals surface area (Å²) in [6.45, 7) is 0. The summed E-state index contributed by atoms with van der Waals surface area (Å²) in [7, 11) is 1.68. The van der Waals surface area contributed by atoms with E-state index in [0.29, 0.717) is 5.56 Å². The lowest BCUT2D eigenvalue weighted by molar-refractivity contribution is 0.490. The van der Waals surface area contributed by atoms with Crippen LogP contribution in [0.1, 0.15) is 36.0 Å². The van der Waals surface area contributed by atoms with Gasteiger partial charge in [-0.2, -0.15) is 5.26 Å². The van der Waals surface area contributed by atoms with Crippen molar-refractivity contribution in [3.8, 4) is 6.07 Å². The zero-order chi connectivity index (χ0) is 15.4. The third-order valence-electron chi connectivity index (χ3n) is 3.96. The Hall–Kier alpha value is -2.02. The number of benzene rings is 2. The van der Waals surface area contributed by atoms with E-state index in [9.17, 15) is 0 Å². The summed E-state index contributed by atoms with van der Waals surface area (Å²) in [6, 6.07) is 18.7. The zero-order valence-corrected chi connectivity index (χ0v) is 13.3. The molecule has 0 N–H and O–H groups in total. The second-order valence-corrected chi connectivity index (χ2v) is 6.25. The third-order valence-corrected chi connectivity index (χ3v) is 4.59. The fourth-order valence-electron chi connectivity index (χ4n) is 2.93. The first kappa shape index (κ1) is 14.9. The average Bonchev–Trinajstić information content (AvgIpc) is 3.05. The molecule has 3 heteroatoms. The molecule has 2 aromatic carbocycles. The minimum Gasteiger partial charge on any atom is -0.314 e. The molecule has 0 amide bonds. The molecular formula is C19H17NOS. The summed E-state index contributed by atoms with van der Waals surface area (Å²) >= 11 is 1.38. The molecular weight excluding hydrogens is 290 g/mol. The Morgan fingerprint density at radius 3 is 1.95 bits per heavy atom. The second kappa shape index (κ2) is 6.83. The molecule has 0 atom stereocenters. The van der Waals surface area contributed by atoms with Gasteiger partial charge in [0.2, 0.25) is 0 Å². The van der Waals surface area contributed by atoms with Gasteiger partial charge in [0.25, 0.3) is 0 Å². The van der Waals surface area contributed by atoms with Crippen LogP contribution >= 0.6 is 12.0 Å². The highest BCUT2D eigenvalue weighted by Gasteiger charge is 2.17. The van der Waals surface area contributed by atoms with Crippen LogP contribution in [0.5, 0.6) is 0 Å². The number of rotatable bonds is 4. The van der Waals surface area contributed by atoms with Crippen molar-refractivity contribution in [1.82, 2.24) is 0 Å². The Labute approximate surface area is 135 Å². The van der Waals surface area contributed by atoms with E-state index in [4.69, 9.17) is 9.44 Å². The van der Waals surface area contributed by atoms with Crippen molar-refractivity contribution in [2.45, 2.75) is 24.2 Å². The molecule has 0 saturated carbocycles. The molecule has 0 aliphatic heterocycles. The van der Waals surface area contributed by atoms with Gasteiger partial charge in [-0.3, -0.25) is 0 Å². The van der Waals surface area contributed by atoms with Gasteiger partial charge in [0.1, 0.15) is 0 Å². The van der Waals surface area contributed by atoms with Gasteiger partial charge in [-0.1, -0.05) is 24.3 Å². The molecule has 22 heavy (non-hydrogen) atoms. The lowest BCUT2D eigenvalue weighted by Crippen LogP contribution is -1.87. The van der Waals surface area contributed by atoms with Gasteiger partial charge in [-0.15, -0.1) is 0 Å². The van der Waals surface area contributed by atoms with E-state index in [1.807, 2.05) is 12.1 Å². The average molecular weight is 307 g/mol. The van der Waals surface area contributed by atoms with Crippen molar-refractivity contribution < 1.29 is 4.18 Å². The van der Waals surface area contributed by atoms with Crippen molar-refractivity contribution in [3.05, 3.63) is 65.2 Å². The molecule has 0 bridgehead atoms. The molecule has 0 saturated heterocycles. The summed E-state index contributed by atoms with van der Waals surface area (Å²) in [5, 5.41) is 8.92. The molecule has 0 heterocycles. The molecule has 1 aliphatic rings. The Bertz CT molecular complexity index is 724. The minimum absolute atomic E-state index is 0.713. The second-order valence-electron chi connectivity index (χ2n) is 5.27. The van der Waals surface area contributed by atoms with E-state index < -0.39 is 0 Å². The molecule has 0 spiro atoms. The van der Waals surface area contributed by atoms with Gasteiger partial charge < -0.3 is 4.18 Å². The van der Waals surface area contributed by atoms with Crippen LogP contribution < -0.4 is 0 Å². The number of hydrogen-bond donors (Lipinski definition) is 0. The fraction of sp³-hybridized carbons (Fsp3) is 0.211. The maximum absolute atomic E-state index is 8.92. The summed E-state index contributed by atoms with van der Waals surface area (Å²) in [5.74, 6) is 0. The lowest BCUT2D eigenvalue weighted by Gasteiger charge is -2.09. The predicted octanol–water partition coefficient (Wildman–Crippen LogP) is 5.31. The standard InChI is InChI=1S/C19H17NOS/c1-21-22-17-11-9-16(10-12-17)19-4-2-3-18(19)15-7-5-14(13-20)6-8-15/h5-12H,2-4H2,1H3. The molecule has 0 fully saturated rings. The number of nitriles is 1. The number of allylic oxidation sites excluding steroid dienone is 2. The van der Waals surface area contributed by atoms with Crippen LogP contribution in [-0.2, 0) is 4.18 Å². The van der Waals surface area contributed by atoms with Crippen molar-refractivity contribution in [1.29, 1.82) is 5.26 Å². The smallest absolute Gasteiger partial charge is 0.0991 e. The maximum Gasteiger partial charge on any atom is 0.0991 e. The molecule has 1 aliphatic carbocycles. The van der Waals surface area contributed by atoms with Gasteiger partial charge in [-0.25, -0.2) is 0 Å². The molecule has 2 nitrogen and oxygen atoms in total. The van der Waals surface area contributed by atoms with E-state index in [-0.39, 0.29) is 0 Å². The Morgan fingerprint density at radius 1 is 0.909 bits per heavy atom. The first-order chi connectivity index (χ1) is 10.8. The normalized spacial score (nSPS) is 14.2. The quantitative estimate of drug-likeness (QED) is 0.718. The van der Waals surface area contributed by atoms with Gasteiger partial charge in [0, 0.05) is 16.9 Å². The fourth-order valence-corrected chi connectivity index (χ4v) is 3.37. The van der Waals surface area contributed by atoms with Crippen LogP contribution in [0.2, 0.25) is 0 Å². The van der Waals surface area contributed by atoms with Crippen LogP contribution in [0.3, 0.4) is 0 Å². The molecule has 2 aromatic rings. The Balaban J connectivity index is 1.94. The third kappa shape index (κ3) is 3.09. The van der Waals surface area contributed by atoms with Gasteiger partial charge in [-0.05, 0) is 65.8 Å². The molecule has 0 radical (unpaired) electrons. The molecule has 0 aromatic heterocycles. The van der Waals surface area contributed by atoms with E-state index in [2.05, 4.69) is 42.5 Å². The Kier molecular flexibility index (Phi) is 4.62. The van der Waals surface area contributed by atoms with Crippen LogP contribution in [0.4, 0.5) is 0 Å². The SMILES string of the molecule is COSc1ccc(C2=C(c3ccc(C#N)cc3)CCC2)cc1. The number of nitrogens with zero attached hydrogens (tertiary/aromatic N) is 1. The van der Waals surface area contributed by atoms with E-state index in [0.717, 1.165) is 17.7 Å². The number of hydrogen-bond acceptors (Lipinski definition) is 3. The van der Waals surface area contributed by atoms with Crippen molar-refractivity contribution in [2.24, 2.45) is 0 Å². The van der Waals surface area contributed by atoms with E-state index in [1.54, 1.807) is 7.11 Å². The summed E-state index contributed by atoms with van der Waals surface area (Å²) < 4.78 is 5.08. The summed E-state index contributed by atoms with van der Waals surface area (Å²) in [5.41, 5.74) is 6.08. The van der Waals surface area contributed by atoms with Crippen LogP contribution in [-0.4, -0.2) is 7.11 Å². The van der Waals surface area contributed by atoms with Gasteiger partial charge >= 0.3 is 0 Å². The van der Waals surface area contributed by atoms with E-state index >= 15 is 0 Å². The first-order valence-electron chi connectivity index (χ1n) is 7.35. The van der Waals surface area contributed by atoms with Crippen molar-refractivity contribution in [2.75, 3.05) is 7.11 Å².